The van der Waals surface area contributed by atoms with Gasteiger partial charge in [-0.15, -0.1) is 0 Å². The van der Waals surface area contributed by atoms with E-state index in [0.29, 0.717) is 9.93 Å². The van der Waals surface area contributed by atoms with Crippen LogP contribution in [0, 0.1) is 4.77 Å². The van der Waals surface area contributed by atoms with Crippen LogP contribution in [0.4, 0.5) is 5.95 Å². The first-order chi connectivity index (χ1) is 7.17. The van der Waals surface area contributed by atoms with Gasteiger partial charge in [0.15, 0.2) is 0 Å². The van der Waals surface area contributed by atoms with Gasteiger partial charge >= 0.3 is 29.6 Å². The molecule has 0 aliphatic rings. The fourth-order valence-electron chi connectivity index (χ4n) is 1.27. The van der Waals surface area contributed by atoms with Gasteiger partial charge in [0.2, 0.25) is 10.7 Å². The molecule has 0 spiro atoms. The standard InChI is InChI=1S/C9H16N4S2.Na/c1-3-5-6-13(4-2)7-10-8(14)12-9(15)11-7;/h3-6H2,1-2H3,(H2,10,11,12,14,15);/q;+1/p-1. The zero-order chi connectivity index (χ0) is 11.3. The molecule has 1 rings (SSSR count). The van der Waals surface area contributed by atoms with Gasteiger partial charge in [-0.25, -0.2) is 4.98 Å². The minimum absolute atomic E-state index is 0. The minimum Gasteiger partial charge on any atom is -0.742 e. The number of unbranched alkanes of at least 4 members (excludes halogenated alkanes) is 1. The van der Waals surface area contributed by atoms with Gasteiger partial charge in [0, 0.05) is 13.1 Å². The van der Waals surface area contributed by atoms with Crippen molar-refractivity contribution in [1.29, 1.82) is 0 Å². The number of aromatic nitrogens is 3. The summed E-state index contributed by atoms with van der Waals surface area (Å²) in [5.41, 5.74) is 0. The molecule has 0 atom stereocenters. The topological polar surface area (TPSA) is 44.8 Å². The predicted octanol–water partition coefficient (Wildman–Crippen LogP) is -0.930. The van der Waals surface area contributed by atoms with Crippen molar-refractivity contribution in [2.75, 3.05) is 18.0 Å². The summed E-state index contributed by atoms with van der Waals surface area (Å²) < 4.78 is 0.309. The van der Waals surface area contributed by atoms with Gasteiger partial charge in [0.05, 0.1) is 0 Å². The zero-order valence-electron chi connectivity index (χ0n) is 9.99. The summed E-state index contributed by atoms with van der Waals surface area (Å²) in [4.78, 5) is 13.1. The van der Waals surface area contributed by atoms with E-state index in [0.717, 1.165) is 31.9 Å². The molecular weight excluding hydrogens is 251 g/mol. The van der Waals surface area contributed by atoms with Crippen LogP contribution in [-0.2, 0) is 12.6 Å². The third-order valence-corrected chi connectivity index (χ3v) is 2.46. The molecule has 0 aliphatic heterocycles. The summed E-state index contributed by atoms with van der Waals surface area (Å²) >= 11 is 9.90. The summed E-state index contributed by atoms with van der Waals surface area (Å²) in [6, 6.07) is 0. The van der Waals surface area contributed by atoms with Gasteiger partial charge in [-0.1, -0.05) is 13.3 Å². The molecule has 0 amide bonds. The maximum Gasteiger partial charge on any atom is 1.00 e. The largest absolute Gasteiger partial charge is 1.00 e. The molecule has 1 aromatic heterocycles. The van der Waals surface area contributed by atoms with Crippen LogP contribution in [0.25, 0.3) is 0 Å². The van der Waals surface area contributed by atoms with Crippen LogP contribution in [0.5, 0.6) is 0 Å². The number of anilines is 1. The fraction of sp³-hybridized carbons (Fsp3) is 0.667. The van der Waals surface area contributed by atoms with Gasteiger partial charge in [-0.2, -0.15) is 4.98 Å². The molecule has 0 saturated carbocycles. The Balaban J connectivity index is 0.00000225. The number of rotatable bonds is 5. The second kappa shape index (κ2) is 8.36. The van der Waals surface area contributed by atoms with E-state index in [9.17, 15) is 0 Å². The SMILES string of the molecule is CCCCN(CC)c1nc(=S)nc([S-])[nH]1.[Na+]. The van der Waals surface area contributed by atoms with Crippen LogP contribution < -0.4 is 34.5 Å². The van der Waals surface area contributed by atoms with Crippen molar-refractivity contribution in [2.24, 2.45) is 0 Å². The molecule has 0 fully saturated rings. The van der Waals surface area contributed by atoms with E-state index in [1.165, 1.54) is 0 Å². The van der Waals surface area contributed by atoms with Gasteiger partial charge in [-0.05, 0) is 30.7 Å². The number of H-pyrrole nitrogens is 1. The Morgan fingerprint density at radius 1 is 1.38 bits per heavy atom. The predicted molar refractivity (Wildman–Crippen MR) is 65.6 cm³/mol. The first-order valence-corrected chi connectivity index (χ1v) is 5.89. The Morgan fingerprint density at radius 3 is 2.56 bits per heavy atom. The minimum atomic E-state index is 0. The average molecular weight is 266 g/mol. The van der Waals surface area contributed by atoms with Crippen molar-refractivity contribution in [3.8, 4) is 0 Å². The summed E-state index contributed by atoms with van der Waals surface area (Å²) in [6.07, 6.45) is 2.29. The number of hydrogen-bond acceptors (Lipinski definition) is 5. The van der Waals surface area contributed by atoms with Crippen LogP contribution in [0.15, 0.2) is 5.16 Å². The van der Waals surface area contributed by atoms with Crippen molar-refractivity contribution >= 4 is 30.8 Å². The molecule has 84 valence electrons. The Bertz CT molecular complexity index is 369. The Kier molecular flexibility index (Phi) is 8.49. The van der Waals surface area contributed by atoms with Crippen LogP contribution in [-0.4, -0.2) is 28.0 Å². The van der Waals surface area contributed by atoms with Crippen molar-refractivity contribution < 1.29 is 29.6 Å². The van der Waals surface area contributed by atoms with E-state index < -0.39 is 0 Å². The normalized spacial score (nSPS) is 9.62. The first kappa shape index (κ1) is 16.2. The molecule has 1 aromatic rings. The third kappa shape index (κ3) is 5.05. The first-order valence-electron chi connectivity index (χ1n) is 5.07. The summed E-state index contributed by atoms with van der Waals surface area (Å²) in [7, 11) is 0. The number of aromatic amines is 1. The molecule has 1 N–H and O–H groups in total. The third-order valence-electron chi connectivity index (χ3n) is 2.08. The molecule has 0 radical (unpaired) electrons. The monoisotopic (exact) mass is 266 g/mol. The molecule has 0 aliphatic carbocycles. The van der Waals surface area contributed by atoms with Crippen molar-refractivity contribution in [1.82, 2.24) is 15.0 Å². The van der Waals surface area contributed by atoms with Gasteiger partial charge in [0.25, 0.3) is 0 Å². The second-order valence-electron chi connectivity index (χ2n) is 3.19. The van der Waals surface area contributed by atoms with Gasteiger partial charge in [0.1, 0.15) is 0 Å². The van der Waals surface area contributed by atoms with E-state index in [1.807, 2.05) is 0 Å². The van der Waals surface area contributed by atoms with E-state index in [1.54, 1.807) is 0 Å². The van der Waals surface area contributed by atoms with Gasteiger partial charge in [-0.3, -0.25) is 0 Å². The zero-order valence-corrected chi connectivity index (χ0v) is 13.6. The summed E-state index contributed by atoms with van der Waals surface area (Å²) in [6.45, 7) is 6.09. The Morgan fingerprint density at radius 2 is 2.06 bits per heavy atom. The maximum absolute atomic E-state index is 4.97. The summed E-state index contributed by atoms with van der Waals surface area (Å²) in [5, 5.41) is 0.403. The molecule has 1 heterocycles. The summed E-state index contributed by atoms with van der Waals surface area (Å²) in [5.74, 6) is 0.732. The fourth-order valence-corrected chi connectivity index (χ4v) is 1.68. The average Bonchev–Trinajstić information content (AvgIpc) is 2.17. The van der Waals surface area contributed by atoms with E-state index in [2.05, 4.69) is 33.7 Å². The molecule has 0 saturated heterocycles. The van der Waals surface area contributed by atoms with Crippen LogP contribution in [0.3, 0.4) is 0 Å². The van der Waals surface area contributed by atoms with Crippen LogP contribution in [0.2, 0.25) is 0 Å². The molecular formula is C9H15N4NaS2. The molecule has 16 heavy (non-hydrogen) atoms. The molecule has 0 bridgehead atoms. The van der Waals surface area contributed by atoms with E-state index >= 15 is 0 Å². The second-order valence-corrected chi connectivity index (χ2v) is 3.95. The molecule has 4 nitrogen and oxygen atoms in total. The van der Waals surface area contributed by atoms with Crippen molar-refractivity contribution in [2.45, 2.75) is 31.8 Å². The van der Waals surface area contributed by atoms with Gasteiger partial charge < -0.3 is 22.5 Å². The molecule has 0 unspecified atom stereocenters. The Labute approximate surface area is 129 Å². The van der Waals surface area contributed by atoms with Crippen LogP contribution in [0.1, 0.15) is 26.7 Å². The molecule has 0 aromatic carbocycles. The number of nitrogens with zero attached hydrogens (tertiary/aromatic N) is 3. The number of hydrogen-bond donors (Lipinski definition) is 1. The van der Waals surface area contributed by atoms with Crippen LogP contribution >= 0.6 is 12.2 Å². The number of nitrogens with one attached hydrogen (secondary N) is 1. The van der Waals surface area contributed by atoms with Crippen molar-refractivity contribution in [3.63, 3.8) is 0 Å². The smallest absolute Gasteiger partial charge is 0.742 e. The Hall–Kier alpha value is 0.250. The van der Waals surface area contributed by atoms with Crippen molar-refractivity contribution in [3.05, 3.63) is 4.77 Å². The van der Waals surface area contributed by atoms with E-state index in [4.69, 9.17) is 24.8 Å². The quantitative estimate of drug-likeness (QED) is 0.424. The van der Waals surface area contributed by atoms with E-state index in [-0.39, 0.29) is 29.6 Å². The maximum atomic E-state index is 4.97. The molecule has 7 heteroatoms.